The number of hydrogen-bond acceptors (Lipinski definition) is 4. The zero-order valence-corrected chi connectivity index (χ0v) is 16.4. The van der Waals surface area contributed by atoms with Gasteiger partial charge in [-0.05, 0) is 81.4 Å². The van der Waals surface area contributed by atoms with Crippen LogP contribution in [-0.2, 0) is 4.79 Å². The molecular formula is C20H23ClN2O2S. The van der Waals surface area contributed by atoms with E-state index in [2.05, 4.69) is 10.3 Å². The summed E-state index contributed by atoms with van der Waals surface area (Å²) >= 11 is 7.38. The smallest absolute Gasteiger partial charge is 0.257 e. The molecule has 0 saturated heterocycles. The van der Waals surface area contributed by atoms with Crippen LogP contribution in [0.1, 0.15) is 45.4 Å². The van der Waals surface area contributed by atoms with Gasteiger partial charge in [0.25, 0.3) is 5.22 Å². The van der Waals surface area contributed by atoms with Crippen LogP contribution in [0.5, 0.6) is 0 Å². The van der Waals surface area contributed by atoms with Gasteiger partial charge in [-0.2, -0.15) is 0 Å². The number of rotatable bonds is 4. The molecule has 0 radical (unpaired) electrons. The van der Waals surface area contributed by atoms with Gasteiger partial charge in [0.1, 0.15) is 5.52 Å². The Balaban J connectivity index is 1.28. The molecule has 4 bridgehead atoms. The summed E-state index contributed by atoms with van der Waals surface area (Å²) in [5.41, 5.74) is 1.48. The van der Waals surface area contributed by atoms with Gasteiger partial charge in [0.05, 0.1) is 5.25 Å². The van der Waals surface area contributed by atoms with Crippen LogP contribution < -0.4 is 5.32 Å². The molecule has 6 rings (SSSR count). The lowest BCUT2D eigenvalue weighted by atomic mass is 9.53. The standard InChI is InChI=1S/C20H23ClN2O2S/c1-11(26-19-22-16-7-15(21)2-3-17(16)25-19)18(24)23-20-8-12-4-13(9-20)6-14(5-12)10-20/h2-3,7,11-14H,4-6,8-10H2,1H3,(H,23,24). The van der Waals surface area contributed by atoms with Crippen LogP contribution in [0, 0.1) is 17.8 Å². The molecule has 0 spiro atoms. The fourth-order valence-corrected chi connectivity index (χ4v) is 6.69. The highest BCUT2D eigenvalue weighted by molar-refractivity contribution is 8.00. The largest absolute Gasteiger partial charge is 0.431 e. The number of carbonyl (C=O) groups excluding carboxylic acids is 1. The Morgan fingerprint density at radius 1 is 1.27 bits per heavy atom. The molecule has 0 aliphatic heterocycles. The molecule has 4 fully saturated rings. The molecule has 1 aromatic heterocycles. The molecule has 138 valence electrons. The van der Waals surface area contributed by atoms with Crippen molar-refractivity contribution < 1.29 is 9.21 Å². The molecule has 1 atom stereocenters. The van der Waals surface area contributed by atoms with Crippen LogP contribution in [0.3, 0.4) is 0 Å². The molecule has 1 heterocycles. The van der Waals surface area contributed by atoms with Gasteiger partial charge >= 0.3 is 0 Å². The van der Waals surface area contributed by atoms with Crippen molar-refractivity contribution in [3.8, 4) is 0 Å². The number of thioether (sulfide) groups is 1. The number of hydrogen-bond donors (Lipinski definition) is 1. The summed E-state index contributed by atoms with van der Waals surface area (Å²) in [5, 5.41) is 4.36. The first-order valence-corrected chi connectivity index (χ1v) is 10.8. The summed E-state index contributed by atoms with van der Waals surface area (Å²) in [7, 11) is 0. The van der Waals surface area contributed by atoms with Crippen molar-refractivity contribution in [3.05, 3.63) is 23.2 Å². The molecule has 1 N–H and O–H groups in total. The number of oxazole rings is 1. The number of benzene rings is 1. The normalized spacial score (nSPS) is 33.5. The summed E-state index contributed by atoms with van der Waals surface area (Å²) in [6, 6.07) is 5.38. The van der Waals surface area contributed by atoms with Gasteiger partial charge in [0.2, 0.25) is 5.91 Å². The Hall–Kier alpha value is -1.20. The third-order valence-corrected chi connectivity index (χ3v) is 7.58. The molecule has 26 heavy (non-hydrogen) atoms. The van der Waals surface area contributed by atoms with E-state index in [1.807, 2.05) is 13.0 Å². The summed E-state index contributed by atoms with van der Waals surface area (Å²) in [4.78, 5) is 17.3. The molecule has 1 aromatic carbocycles. The quantitative estimate of drug-likeness (QED) is 0.742. The third-order valence-electron chi connectivity index (χ3n) is 6.40. The van der Waals surface area contributed by atoms with Crippen LogP contribution >= 0.6 is 23.4 Å². The molecule has 1 amide bonds. The van der Waals surface area contributed by atoms with Crippen LogP contribution in [0.25, 0.3) is 11.1 Å². The lowest BCUT2D eigenvalue weighted by molar-refractivity contribution is -0.126. The first-order chi connectivity index (χ1) is 12.5. The molecule has 4 aliphatic rings. The fourth-order valence-electron chi connectivity index (χ4n) is 5.76. The van der Waals surface area contributed by atoms with E-state index in [-0.39, 0.29) is 16.7 Å². The SMILES string of the molecule is CC(Sc1nc2cc(Cl)ccc2o1)C(=O)NC12CC3CC(CC(C3)C1)C2. The fraction of sp³-hybridized carbons (Fsp3) is 0.600. The van der Waals surface area contributed by atoms with Gasteiger partial charge in [-0.1, -0.05) is 23.4 Å². The average Bonchev–Trinajstić information content (AvgIpc) is 2.94. The molecule has 4 nitrogen and oxygen atoms in total. The number of amides is 1. The number of halogens is 1. The number of aromatic nitrogens is 1. The second-order valence-electron chi connectivity index (χ2n) is 8.54. The van der Waals surface area contributed by atoms with E-state index in [0.29, 0.717) is 15.8 Å². The van der Waals surface area contributed by atoms with Crippen molar-refractivity contribution in [2.24, 2.45) is 17.8 Å². The van der Waals surface area contributed by atoms with Crippen LogP contribution in [-0.4, -0.2) is 21.7 Å². The van der Waals surface area contributed by atoms with E-state index in [9.17, 15) is 4.79 Å². The summed E-state index contributed by atoms with van der Waals surface area (Å²) < 4.78 is 5.75. The Morgan fingerprint density at radius 2 is 1.92 bits per heavy atom. The van der Waals surface area contributed by atoms with Crippen molar-refractivity contribution in [1.29, 1.82) is 0 Å². The number of fused-ring (bicyclic) bond motifs is 1. The lowest BCUT2D eigenvalue weighted by Crippen LogP contribution is -2.60. The highest BCUT2D eigenvalue weighted by atomic mass is 35.5. The van der Waals surface area contributed by atoms with Gasteiger partial charge in [-0.3, -0.25) is 4.79 Å². The topological polar surface area (TPSA) is 55.1 Å². The van der Waals surface area contributed by atoms with E-state index in [1.54, 1.807) is 12.1 Å². The Morgan fingerprint density at radius 3 is 2.58 bits per heavy atom. The minimum absolute atomic E-state index is 0.0511. The van der Waals surface area contributed by atoms with Crippen molar-refractivity contribution >= 4 is 40.4 Å². The maximum atomic E-state index is 12.9. The zero-order valence-electron chi connectivity index (χ0n) is 14.8. The van der Waals surface area contributed by atoms with Crippen molar-refractivity contribution in [2.45, 2.75) is 61.5 Å². The van der Waals surface area contributed by atoms with Gasteiger partial charge in [0.15, 0.2) is 5.58 Å². The van der Waals surface area contributed by atoms with Gasteiger partial charge in [-0.25, -0.2) is 4.98 Å². The van der Waals surface area contributed by atoms with Crippen LogP contribution in [0.4, 0.5) is 0 Å². The number of carbonyl (C=O) groups is 1. The van der Waals surface area contributed by atoms with E-state index in [1.165, 1.54) is 50.3 Å². The highest BCUT2D eigenvalue weighted by Crippen LogP contribution is 2.55. The summed E-state index contributed by atoms with van der Waals surface area (Å²) in [6.07, 6.45) is 7.65. The Labute approximate surface area is 162 Å². The maximum Gasteiger partial charge on any atom is 0.257 e. The molecule has 6 heteroatoms. The van der Waals surface area contributed by atoms with E-state index >= 15 is 0 Å². The summed E-state index contributed by atoms with van der Waals surface area (Å²) in [6.45, 7) is 1.93. The third kappa shape index (κ3) is 3.03. The summed E-state index contributed by atoms with van der Waals surface area (Å²) in [5.74, 6) is 2.58. The van der Waals surface area contributed by atoms with Crippen molar-refractivity contribution in [1.82, 2.24) is 10.3 Å². The number of nitrogens with one attached hydrogen (secondary N) is 1. The minimum Gasteiger partial charge on any atom is -0.431 e. The first-order valence-electron chi connectivity index (χ1n) is 9.53. The first kappa shape index (κ1) is 16.9. The van der Waals surface area contributed by atoms with Gasteiger partial charge < -0.3 is 9.73 Å². The number of nitrogens with zero attached hydrogens (tertiary/aromatic N) is 1. The van der Waals surface area contributed by atoms with Crippen molar-refractivity contribution in [3.63, 3.8) is 0 Å². The van der Waals surface area contributed by atoms with Gasteiger partial charge in [0, 0.05) is 10.6 Å². The predicted octanol–water partition coefficient (Wildman–Crippen LogP) is 5.05. The van der Waals surface area contributed by atoms with E-state index < -0.39 is 0 Å². The van der Waals surface area contributed by atoms with Crippen LogP contribution in [0.15, 0.2) is 27.8 Å². The van der Waals surface area contributed by atoms with Crippen molar-refractivity contribution in [2.75, 3.05) is 0 Å². The lowest BCUT2D eigenvalue weighted by Gasteiger charge is -2.57. The molecule has 2 aromatic rings. The average molecular weight is 391 g/mol. The van der Waals surface area contributed by atoms with E-state index in [0.717, 1.165) is 23.3 Å². The monoisotopic (exact) mass is 390 g/mol. The maximum absolute atomic E-state index is 12.9. The Kier molecular flexibility index (Phi) is 4.02. The molecule has 4 saturated carbocycles. The Bertz CT molecular complexity index is 829. The molecular weight excluding hydrogens is 368 g/mol. The second kappa shape index (κ2) is 6.16. The van der Waals surface area contributed by atoms with E-state index in [4.69, 9.17) is 16.0 Å². The molecule has 4 aliphatic carbocycles. The second-order valence-corrected chi connectivity index (χ2v) is 10.3. The van der Waals surface area contributed by atoms with Crippen LogP contribution in [0.2, 0.25) is 5.02 Å². The minimum atomic E-state index is -0.230. The van der Waals surface area contributed by atoms with Gasteiger partial charge in [-0.15, -0.1) is 0 Å². The highest BCUT2D eigenvalue weighted by Gasteiger charge is 2.51. The zero-order chi connectivity index (χ0) is 17.9. The predicted molar refractivity (Wildman–Crippen MR) is 103 cm³/mol. The molecule has 1 unspecified atom stereocenters.